The molecule has 3 aliphatic heterocycles. The SMILES string of the molecule is CCOC(=O)C1C2COc3ccc(OC)cc3C2N2C(=O)CN(Cc3ccccc3)C(=O)[C@@]12C. The summed E-state index contributed by atoms with van der Waals surface area (Å²) in [6.07, 6.45) is 0. The maximum Gasteiger partial charge on any atom is 0.312 e. The van der Waals surface area contributed by atoms with E-state index >= 15 is 0 Å². The molecule has 2 aromatic carbocycles. The molecule has 3 unspecified atom stereocenters. The van der Waals surface area contributed by atoms with E-state index in [1.165, 1.54) is 0 Å². The molecule has 0 saturated carbocycles. The minimum absolute atomic E-state index is 0.0533. The minimum atomic E-state index is -1.39. The molecule has 0 aliphatic carbocycles. The van der Waals surface area contributed by atoms with Gasteiger partial charge in [0, 0.05) is 18.0 Å². The van der Waals surface area contributed by atoms with E-state index in [0.717, 1.165) is 11.1 Å². The van der Waals surface area contributed by atoms with Crippen LogP contribution < -0.4 is 9.47 Å². The van der Waals surface area contributed by atoms with Crippen LogP contribution in [0.25, 0.3) is 0 Å². The van der Waals surface area contributed by atoms with Gasteiger partial charge in [-0.1, -0.05) is 30.3 Å². The van der Waals surface area contributed by atoms with Gasteiger partial charge in [-0.2, -0.15) is 0 Å². The highest BCUT2D eigenvalue weighted by molar-refractivity contribution is 6.02. The van der Waals surface area contributed by atoms with Crippen molar-refractivity contribution in [1.82, 2.24) is 9.80 Å². The zero-order valence-corrected chi connectivity index (χ0v) is 19.5. The highest BCUT2D eigenvalue weighted by Crippen LogP contribution is 2.57. The first kappa shape index (κ1) is 22.3. The number of piperazine rings is 1. The minimum Gasteiger partial charge on any atom is -0.497 e. The lowest BCUT2D eigenvalue weighted by molar-refractivity contribution is -0.170. The van der Waals surface area contributed by atoms with Crippen LogP contribution in [0.1, 0.15) is 31.0 Å². The molecule has 3 aliphatic rings. The first-order valence-corrected chi connectivity index (χ1v) is 11.5. The number of hydrogen-bond acceptors (Lipinski definition) is 6. The number of ether oxygens (including phenoxy) is 3. The van der Waals surface area contributed by atoms with Gasteiger partial charge in [0.05, 0.1) is 32.3 Å². The molecular weight excluding hydrogens is 436 g/mol. The van der Waals surface area contributed by atoms with Crippen molar-refractivity contribution < 1.29 is 28.6 Å². The van der Waals surface area contributed by atoms with Crippen molar-refractivity contribution in [3.05, 3.63) is 59.7 Å². The van der Waals surface area contributed by atoms with Crippen LogP contribution in [0.15, 0.2) is 48.5 Å². The van der Waals surface area contributed by atoms with Gasteiger partial charge in [-0.25, -0.2) is 0 Å². The van der Waals surface area contributed by atoms with Gasteiger partial charge in [0.1, 0.15) is 23.6 Å². The third-order valence-electron chi connectivity index (χ3n) is 7.26. The number of esters is 1. The van der Waals surface area contributed by atoms with E-state index in [1.807, 2.05) is 36.4 Å². The number of fused-ring (bicyclic) bond motifs is 5. The Hall–Kier alpha value is -3.55. The van der Waals surface area contributed by atoms with Crippen LogP contribution in [0.4, 0.5) is 0 Å². The fourth-order valence-electron chi connectivity index (χ4n) is 5.84. The number of carbonyl (C=O) groups is 3. The van der Waals surface area contributed by atoms with Crippen molar-refractivity contribution in [3.8, 4) is 11.5 Å². The molecule has 3 heterocycles. The van der Waals surface area contributed by atoms with E-state index in [1.54, 1.807) is 42.9 Å². The van der Waals surface area contributed by atoms with E-state index in [9.17, 15) is 14.4 Å². The number of nitrogens with zero attached hydrogens (tertiary/aromatic N) is 2. The lowest BCUT2D eigenvalue weighted by atomic mass is 9.77. The summed E-state index contributed by atoms with van der Waals surface area (Å²) >= 11 is 0. The molecule has 5 rings (SSSR count). The number of carbonyl (C=O) groups excluding carboxylic acids is 3. The summed E-state index contributed by atoms with van der Waals surface area (Å²) < 4.78 is 16.9. The third kappa shape index (κ3) is 3.23. The summed E-state index contributed by atoms with van der Waals surface area (Å²) in [7, 11) is 1.57. The fraction of sp³-hybridized carbons (Fsp3) is 0.423. The van der Waals surface area contributed by atoms with E-state index in [2.05, 4.69) is 0 Å². The van der Waals surface area contributed by atoms with Crippen LogP contribution in [0.2, 0.25) is 0 Å². The topological polar surface area (TPSA) is 85.4 Å². The van der Waals surface area contributed by atoms with Crippen molar-refractivity contribution in [1.29, 1.82) is 0 Å². The highest BCUT2D eigenvalue weighted by Gasteiger charge is 2.69. The van der Waals surface area contributed by atoms with Gasteiger partial charge < -0.3 is 24.0 Å². The van der Waals surface area contributed by atoms with Gasteiger partial charge in [-0.3, -0.25) is 14.4 Å². The summed E-state index contributed by atoms with van der Waals surface area (Å²) in [5.74, 6) is -0.977. The lowest BCUT2D eigenvalue weighted by Crippen LogP contribution is -2.67. The molecule has 34 heavy (non-hydrogen) atoms. The first-order valence-electron chi connectivity index (χ1n) is 11.5. The van der Waals surface area contributed by atoms with Gasteiger partial charge in [-0.05, 0) is 37.6 Å². The second kappa shape index (κ2) is 8.34. The largest absolute Gasteiger partial charge is 0.497 e. The molecule has 2 amide bonds. The molecule has 8 heteroatoms. The number of hydrogen-bond donors (Lipinski definition) is 0. The van der Waals surface area contributed by atoms with Crippen LogP contribution in [-0.2, 0) is 25.7 Å². The smallest absolute Gasteiger partial charge is 0.312 e. The molecule has 2 fully saturated rings. The standard InChI is InChI=1S/C26H28N2O6/c1-4-33-24(30)22-19-15-34-20-11-10-17(32-3)12-18(20)23(19)28-21(29)14-27(25(31)26(22,28)2)13-16-8-6-5-7-9-16/h5-12,19,22-23H,4,13-15H2,1-3H3/t19?,22?,23?,26-/m1/s1. The summed E-state index contributed by atoms with van der Waals surface area (Å²) in [6, 6.07) is 14.5. The Morgan fingerprint density at radius 1 is 1.18 bits per heavy atom. The van der Waals surface area contributed by atoms with E-state index < -0.39 is 29.4 Å². The molecule has 4 atom stereocenters. The third-order valence-corrected chi connectivity index (χ3v) is 7.26. The van der Waals surface area contributed by atoms with Gasteiger partial charge in [0.2, 0.25) is 11.8 Å². The highest BCUT2D eigenvalue weighted by atomic mass is 16.5. The number of amides is 2. The van der Waals surface area contributed by atoms with Crippen LogP contribution in [-0.4, -0.2) is 60.0 Å². The molecule has 0 aromatic heterocycles. The monoisotopic (exact) mass is 464 g/mol. The predicted octanol–water partition coefficient (Wildman–Crippen LogP) is 2.57. The zero-order valence-electron chi connectivity index (χ0n) is 19.5. The molecule has 0 spiro atoms. The van der Waals surface area contributed by atoms with Crippen molar-refractivity contribution in [2.24, 2.45) is 11.8 Å². The first-order chi connectivity index (χ1) is 16.4. The summed E-state index contributed by atoms with van der Waals surface area (Å²) in [4.78, 5) is 44.2. The molecule has 0 N–H and O–H groups in total. The molecule has 0 bridgehead atoms. The Labute approximate surface area is 198 Å². The van der Waals surface area contributed by atoms with E-state index in [4.69, 9.17) is 14.2 Å². The number of benzene rings is 2. The number of rotatable bonds is 5. The van der Waals surface area contributed by atoms with Crippen molar-refractivity contribution in [2.75, 3.05) is 26.9 Å². The molecule has 178 valence electrons. The Morgan fingerprint density at radius 2 is 1.94 bits per heavy atom. The predicted molar refractivity (Wildman–Crippen MR) is 122 cm³/mol. The Kier molecular flexibility index (Phi) is 5.46. The molecule has 2 saturated heterocycles. The summed E-state index contributed by atoms with van der Waals surface area (Å²) in [6.45, 7) is 4.06. The molecule has 0 radical (unpaired) electrons. The van der Waals surface area contributed by atoms with Gasteiger partial charge >= 0.3 is 5.97 Å². The van der Waals surface area contributed by atoms with Gasteiger partial charge in [0.25, 0.3) is 0 Å². The Bertz CT molecular complexity index is 1140. The van der Waals surface area contributed by atoms with Crippen LogP contribution in [0.3, 0.4) is 0 Å². The van der Waals surface area contributed by atoms with Crippen molar-refractivity contribution in [3.63, 3.8) is 0 Å². The Morgan fingerprint density at radius 3 is 2.65 bits per heavy atom. The second-order valence-electron chi connectivity index (χ2n) is 9.11. The second-order valence-corrected chi connectivity index (χ2v) is 9.11. The van der Waals surface area contributed by atoms with Crippen LogP contribution >= 0.6 is 0 Å². The summed E-state index contributed by atoms with van der Waals surface area (Å²) in [5, 5.41) is 0. The molecular formula is C26H28N2O6. The zero-order chi connectivity index (χ0) is 24.0. The van der Waals surface area contributed by atoms with E-state index in [0.29, 0.717) is 18.0 Å². The maximum atomic E-state index is 14.0. The van der Waals surface area contributed by atoms with Gasteiger partial charge in [-0.15, -0.1) is 0 Å². The molecule has 8 nitrogen and oxygen atoms in total. The fourth-order valence-corrected chi connectivity index (χ4v) is 5.84. The number of methoxy groups -OCH3 is 1. The van der Waals surface area contributed by atoms with Crippen LogP contribution in [0.5, 0.6) is 11.5 Å². The van der Waals surface area contributed by atoms with Crippen molar-refractivity contribution >= 4 is 17.8 Å². The maximum absolute atomic E-state index is 14.0. The molecule has 2 aromatic rings. The normalized spacial score (nSPS) is 27.4. The van der Waals surface area contributed by atoms with Gasteiger partial charge in [0.15, 0.2) is 0 Å². The van der Waals surface area contributed by atoms with E-state index in [-0.39, 0.29) is 31.6 Å². The lowest BCUT2D eigenvalue weighted by Gasteiger charge is -2.47. The Balaban J connectivity index is 1.61. The average molecular weight is 465 g/mol. The summed E-state index contributed by atoms with van der Waals surface area (Å²) in [5.41, 5.74) is 0.272. The average Bonchev–Trinajstić information content (AvgIpc) is 3.13. The quantitative estimate of drug-likeness (QED) is 0.633. The van der Waals surface area contributed by atoms with Crippen LogP contribution in [0, 0.1) is 11.8 Å². The van der Waals surface area contributed by atoms with Crippen molar-refractivity contribution in [2.45, 2.75) is 32.0 Å².